The fourth-order valence-corrected chi connectivity index (χ4v) is 3.87. The van der Waals surface area contributed by atoms with Crippen LogP contribution in [0.2, 0.25) is 0 Å². The summed E-state index contributed by atoms with van der Waals surface area (Å²) in [5.41, 5.74) is 2.41. The summed E-state index contributed by atoms with van der Waals surface area (Å²) < 4.78 is 0. The van der Waals surface area contributed by atoms with Gasteiger partial charge in [-0.2, -0.15) is 0 Å². The number of aliphatic hydroxyl groups excluding tert-OH is 1. The van der Waals surface area contributed by atoms with E-state index in [4.69, 9.17) is 0 Å². The van der Waals surface area contributed by atoms with Crippen molar-refractivity contribution in [2.75, 3.05) is 26.2 Å². The molecule has 0 unspecified atom stereocenters. The maximum absolute atomic E-state index is 13.0. The van der Waals surface area contributed by atoms with Crippen molar-refractivity contribution in [1.82, 2.24) is 14.8 Å². The minimum Gasteiger partial charge on any atom is -0.507 e. The number of ketones is 1. The van der Waals surface area contributed by atoms with Crippen molar-refractivity contribution in [2.45, 2.75) is 33.2 Å². The first-order valence-electron chi connectivity index (χ1n) is 10.5. The Kier molecular flexibility index (Phi) is 7.00. The third-order valence-electron chi connectivity index (χ3n) is 5.63. The monoisotopic (exact) mass is 407 g/mol. The van der Waals surface area contributed by atoms with Crippen LogP contribution in [0.25, 0.3) is 5.76 Å². The van der Waals surface area contributed by atoms with E-state index in [2.05, 4.69) is 23.7 Å². The highest BCUT2D eigenvalue weighted by Gasteiger charge is 2.45. The van der Waals surface area contributed by atoms with Crippen LogP contribution < -0.4 is 0 Å². The Morgan fingerprint density at radius 1 is 1.13 bits per heavy atom. The third-order valence-corrected chi connectivity index (χ3v) is 5.63. The maximum atomic E-state index is 13.0. The molecule has 158 valence electrons. The van der Waals surface area contributed by atoms with Gasteiger partial charge >= 0.3 is 0 Å². The molecule has 3 rings (SSSR count). The molecule has 2 heterocycles. The number of benzene rings is 1. The van der Waals surface area contributed by atoms with Crippen molar-refractivity contribution >= 4 is 17.4 Å². The van der Waals surface area contributed by atoms with Gasteiger partial charge in [0.2, 0.25) is 0 Å². The third kappa shape index (κ3) is 4.44. The van der Waals surface area contributed by atoms with Crippen molar-refractivity contribution in [1.29, 1.82) is 0 Å². The SMILES string of the molecule is CCN(CC)CCCN1C(=O)C(=O)/C(=C(/O)c2ccc(C)cc2)[C@H]1c1cccnc1. The predicted octanol–water partition coefficient (Wildman–Crippen LogP) is 3.54. The Labute approximate surface area is 177 Å². The number of amides is 1. The highest BCUT2D eigenvalue weighted by atomic mass is 16.3. The Hall–Kier alpha value is -2.99. The second-order valence-electron chi connectivity index (χ2n) is 7.53. The summed E-state index contributed by atoms with van der Waals surface area (Å²) in [5, 5.41) is 11.0. The molecular weight excluding hydrogens is 378 g/mol. The molecule has 0 radical (unpaired) electrons. The number of pyridine rings is 1. The summed E-state index contributed by atoms with van der Waals surface area (Å²) in [6.45, 7) is 9.32. The summed E-state index contributed by atoms with van der Waals surface area (Å²) in [7, 11) is 0. The van der Waals surface area contributed by atoms with Crippen LogP contribution >= 0.6 is 0 Å². The number of hydrogen-bond donors (Lipinski definition) is 1. The van der Waals surface area contributed by atoms with E-state index in [9.17, 15) is 14.7 Å². The van der Waals surface area contributed by atoms with Crippen LogP contribution in [0.1, 0.15) is 43.0 Å². The van der Waals surface area contributed by atoms with Crippen molar-refractivity contribution in [2.24, 2.45) is 0 Å². The summed E-state index contributed by atoms with van der Waals surface area (Å²) >= 11 is 0. The highest BCUT2D eigenvalue weighted by molar-refractivity contribution is 6.46. The van der Waals surface area contributed by atoms with Gasteiger partial charge in [0, 0.05) is 24.5 Å². The van der Waals surface area contributed by atoms with E-state index < -0.39 is 17.7 Å². The zero-order valence-corrected chi connectivity index (χ0v) is 17.8. The van der Waals surface area contributed by atoms with Crippen LogP contribution in [0.5, 0.6) is 0 Å². The topological polar surface area (TPSA) is 73.7 Å². The van der Waals surface area contributed by atoms with Gasteiger partial charge in [-0.15, -0.1) is 0 Å². The average molecular weight is 408 g/mol. The maximum Gasteiger partial charge on any atom is 0.295 e. The molecule has 1 aliphatic rings. The number of hydrogen-bond acceptors (Lipinski definition) is 5. The molecule has 6 heteroatoms. The zero-order chi connectivity index (χ0) is 21.7. The number of carbonyl (C=O) groups is 2. The Balaban J connectivity index is 1.99. The smallest absolute Gasteiger partial charge is 0.295 e. The lowest BCUT2D eigenvalue weighted by Gasteiger charge is -2.26. The van der Waals surface area contributed by atoms with E-state index in [1.807, 2.05) is 25.1 Å². The first-order chi connectivity index (χ1) is 14.5. The molecule has 0 aliphatic carbocycles. The predicted molar refractivity (Wildman–Crippen MR) is 117 cm³/mol. The van der Waals surface area contributed by atoms with Crippen LogP contribution in [0, 0.1) is 6.92 Å². The fourth-order valence-electron chi connectivity index (χ4n) is 3.87. The van der Waals surface area contributed by atoms with Gasteiger partial charge in [0.25, 0.3) is 11.7 Å². The number of aromatic nitrogens is 1. The van der Waals surface area contributed by atoms with Gasteiger partial charge in [0.1, 0.15) is 5.76 Å². The molecule has 1 aromatic carbocycles. The number of carbonyl (C=O) groups excluding carboxylic acids is 2. The molecule has 1 N–H and O–H groups in total. The number of aliphatic hydroxyl groups is 1. The minimum absolute atomic E-state index is 0.125. The molecular formula is C24H29N3O3. The largest absolute Gasteiger partial charge is 0.507 e. The molecule has 0 spiro atoms. The zero-order valence-electron chi connectivity index (χ0n) is 17.8. The second-order valence-corrected chi connectivity index (χ2v) is 7.53. The molecule has 6 nitrogen and oxygen atoms in total. The average Bonchev–Trinajstić information content (AvgIpc) is 3.02. The molecule has 1 aliphatic heterocycles. The number of likely N-dealkylation sites (tertiary alicyclic amines) is 1. The first-order valence-corrected chi connectivity index (χ1v) is 10.5. The van der Waals surface area contributed by atoms with Crippen LogP contribution in [0.4, 0.5) is 0 Å². The van der Waals surface area contributed by atoms with Crippen molar-refractivity contribution < 1.29 is 14.7 Å². The van der Waals surface area contributed by atoms with Crippen LogP contribution in [-0.2, 0) is 9.59 Å². The van der Waals surface area contributed by atoms with Gasteiger partial charge in [-0.1, -0.05) is 49.7 Å². The summed E-state index contributed by atoms with van der Waals surface area (Å²) in [6, 6.07) is 10.2. The molecule has 1 saturated heterocycles. The lowest BCUT2D eigenvalue weighted by Crippen LogP contribution is -2.33. The van der Waals surface area contributed by atoms with Crippen molar-refractivity contribution in [3.63, 3.8) is 0 Å². The molecule has 1 atom stereocenters. The van der Waals surface area contributed by atoms with Crippen LogP contribution in [0.15, 0.2) is 54.4 Å². The molecule has 1 amide bonds. The Morgan fingerprint density at radius 2 is 1.83 bits per heavy atom. The summed E-state index contributed by atoms with van der Waals surface area (Å²) in [4.78, 5) is 33.9. The molecule has 0 bridgehead atoms. The Bertz CT molecular complexity index is 918. The van der Waals surface area contributed by atoms with Crippen molar-refractivity contribution in [3.8, 4) is 0 Å². The normalized spacial score (nSPS) is 18.4. The van der Waals surface area contributed by atoms with Crippen LogP contribution in [0.3, 0.4) is 0 Å². The number of rotatable bonds is 8. The molecule has 1 fully saturated rings. The lowest BCUT2D eigenvalue weighted by atomic mass is 9.96. The van der Waals surface area contributed by atoms with Crippen molar-refractivity contribution in [3.05, 3.63) is 71.1 Å². The quantitative estimate of drug-likeness (QED) is 0.412. The van der Waals surface area contributed by atoms with Gasteiger partial charge in [-0.05, 0) is 44.6 Å². The van der Waals surface area contributed by atoms with Gasteiger partial charge < -0.3 is 14.9 Å². The summed E-state index contributed by atoms with van der Waals surface area (Å²) in [5.74, 6) is -1.37. The highest BCUT2D eigenvalue weighted by Crippen LogP contribution is 2.39. The standard InChI is InChI=1S/C24H29N3O3/c1-4-26(5-2)14-7-15-27-21(19-8-6-13-25-16-19)20(23(29)24(27)30)22(28)18-11-9-17(3)10-12-18/h6,8-13,16,21,28H,4-5,7,14-15H2,1-3H3/b22-20+/t21-/m1/s1. The van der Waals surface area contributed by atoms with E-state index in [-0.39, 0.29) is 11.3 Å². The lowest BCUT2D eigenvalue weighted by molar-refractivity contribution is -0.140. The molecule has 2 aromatic rings. The van der Waals surface area contributed by atoms with E-state index in [0.29, 0.717) is 17.7 Å². The van der Waals surface area contributed by atoms with E-state index in [0.717, 1.165) is 31.6 Å². The van der Waals surface area contributed by atoms with Gasteiger partial charge in [0.15, 0.2) is 0 Å². The van der Waals surface area contributed by atoms with Crippen LogP contribution in [-0.4, -0.2) is 57.8 Å². The summed E-state index contributed by atoms with van der Waals surface area (Å²) in [6.07, 6.45) is 4.04. The van der Waals surface area contributed by atoms with E-state index in [1.54, 1.807) is 35.5 Å². The van der Waals surface area contributed by atoms with E-state index in [1.165, 1.54) is 0 Å². The number of Topliss-reactive ketones (excluding diaryl/α,β-unsaturated/α-hetero) is 1. The molecule has 30 heavy (non-hydrogen) atoms. The number of nitrogens with zero attached hydrogens (tertiary/aromatic N) is 3. The van der Waals surface area contributed by atoms with E-state index >= 15 is 0 Å². The first kappa shape index (κ1) is 21.7. The van der Waals surface area contributed by atoms with Gasteiger partial charge in [0.05, 0.1) is 11.6 Å². The number of aryl methyl sites for hydroxylation is 1. The minimum atomic E-state index is -0.648. The Morgan fingerprint density at radius 3 is 2.43 bits per heavy atom. The van der Waals surface area contributed by atoms with Gasteiger partial charge in [-0.3, -0.25) is 14.6 Å². The second kappa shape index (κ2) is 9.67. The van der Waals surface area contributed by atoms with Gasteiger partial charge in [-0.25, -0.2) is 0 Å². The molecule has 0 saturated carbocycles. The molecule has 1 aromatic heterocycles. The fraction of sp³-hybridized carbons (Fsp3) is 0.375.